The highest BCUT2D eigenvalue weighted by atomic mass is 16.4. The lowest BCUT2D eigenvalue weighted by atomic mass is 9.83. The van der Waals surface area contributed by atoms with Gasteiger partial charge in [-0.3, -0.25) is 0 Å². The SMILES string of the molecule is C/C(=C\CC[C@@](C)(O)[C@H](O)CO)CCC[C@@](C)(O)CCC[C@@](C)(O)CCC[C@@](C)(O)CCC[C@@](C)(O)CCC[C@@](C)(O)CCC[C@@](C)(O)CCC[C@@](C)(O)CCCC(C)(C)O. The normalized spacial score (nSPS) is 21.5. The number of hydrogen-bond acceptors (Lipinski definition) is 11. The van der Waals surface area contributed by atoms with Gasteiger partial charge in [-0.15, -0.1) is 0 Å². The number of rotatable bonds is 37. The second-order valence-corrected chi connectivity index (χ2v) is 22.8. The van der Waals surface area contributed by atoms with Crippen LogP contribution in [0.25, 0.3) is 0 Å². The molecule has 0 aliphatic carbocycles. The zero-order valence-electron chi connectivity index (χ0n) is 41.2. The first-order chi connectivity index (χ1) is 27.5. The van der Waals surface area contributed by atoms with Crippen molar-refractivity contribution >= 4 is 0 Å². The molecule has 11 nitrogen and oxygen atoms in total. The second-order valence-electron chi connectivity index (χ2n) is 22.8. The summed E-state index contributed by atoms with van der Waals surface area (Å²) in [5, 5.41) is 116. The average Bonchev–Trinajstić information content (AvgIpc) is 3.05. The van der Waals surface area contributed by atoms with Gasteiger partial charge in [-0.2, -0.15) is 0 Å². The van der Waals surface area contributed by atoms with Crippen molar-refractivity contribution in [1.29, 1.82) is 0 Å². The minimum atomic E-state index is -1.34. The van der Waals surface area contributed by atoms with E-state index in [0.29, 0.717) is 148 Å². The Labute approximate surface area is 373 Å². The third-order valence-electron chi connectivity index (χ3n) is 13.4. The van der Waals surface area contributed by atoms with Gasteiger partial charge in [-0.1, -0.05) is 11.6 Å². The van der Waals surface area contributed by atoms with Crippen LogP contribution in [0.15, 0.2) is 11.6 Å². The molecule has 0 unspecified atom stereocenters. The third-order valence-corrected chi connectivity index (χ3v) is 13.4. The quantitative estimate of drug-likeness (QED) is 0.0267. The Bertz CT molecular complexity index is 1190. The highest BCUT2D eigenvalue weighted by Gasteiger charge is 2.31. The van der Waals surface area contributed by atoms with Crippen LogP contribution in [0.3, 0.4) is 0 Å². The van der Waals surface area contributed by atoms with E-state index in [-0.39, 0.29) is 0 Å². The zero-order valence-corrected chi connectivity index (χ0v) is 41.2. The zero-order chi connectivity index (χ0) is 47.5. The Morgan fingerprint density at radius 1 is 0.377 bits per heavy atom. The standard InChI is InChI=1S/C50H100O11/c1-40(22-13-38-50(11,61)41(52)39-51)21-12-24-43(4,54)26-15-28-45(6,56)30-17-32-47(8,58)34-19-36-49(10,60)37-20-35-48(9,59)33-18-31-46(7,57)29-16-27-44(5,55)25-14-23-42(2,3)53/h22,41,51-61H,12-21,23-39H2,1-11H3/b40-22+/t41-,43-,44+,45-,46+,47-,48+,49-,50-/m1/s1. The van der Waals surface area contributed by atoms with Crippen molar-refractivity contribution in [2.24, 2.45) is 0 Å². The molecular weight excluding hydrogens is 777 g/mol. The van der Waals surface area contributed by atoms with Gasteiger partial charge < -0.3 is 56.2 Å². The summed E-state index contributed by atoms with van der Waals surface area (Å²) in [6.45, 7) is 19.3. The van der Waals surface area contributed by atoms with Crippen LogP contribution < -0.4 is 0 Å². The highest BCUT2D eigenvalue weighted by molar-refractivity contribution is 4.99. The fourth-order valence-electron chi connectivity index (χ4n) is 8.70. The maximum Gasteiger partial charge on any atom is 0.105 e. The molecule has 0 radical (unpaired) electrons. The Hall–Kier alpha value is -0.700. The minimum Gasteiger partial charge on any atom is -0.394 e. The van der Waals surface area contributed by atoms with Crippen LogP contribution in [0.1, 0.15) is 243 Å². The molecule has 0 rings (SSSR count). The molecule has 9 atom stereocenters. The summed E-state index contributed by atoms with van der Waals surface area (Å²) in [5.41, 5.74) is -7.12. The van der Waals surface area contributed by atoms with Crippen molar-refractivity contribution < 1.29 is 56.2 Å². The van der Waals surface area contributed by atoms with Crippen LogP contribution in [0, 0.1) is 0 Å². The topological polar surface area (TPSA) is 223 Å². The van der Waals surface area contributed by atoms with E-state index < -0.39 is 63.1 Å². The van der Waals surface area contributed by atoms with E-state index in [9.17, 15) is 51.1 Å². The van der Waals surface area contributed by atoms with Gasteiger partial charge >= 0.3 is 0 Å². The number of hydrogen-bond donors (Lipinski definition) is 11. The van der Waals surface area contributed by atoms with E-state index in [1.165, 1.54) is 6.92 Å². The summed E-state index contributed by atoms with van der Waals surface area (Å²) in [5.74, 6) is 0. The molecule has 0 aromatic rings. The van der Waals surface area contributed by atoms with Gasteiger partial charge in [0.2, 0.25) is 0 Å². The van der Waals surface area contributed by atoms with Gasteiger partial charge in [0, 0.05) is 0 Å². The van der Waals surface area contributed by atoms with Crippen LogP contribution >= 0.6 is 0 Å². The van der Waals surface area contributed by atoms with Gasteiger partial charge in [0.05, 0.1) is 57.0 Å². The molecule has 0 spiro atoms. The molecule has 0 aromatic heterocycles. The van der Waals surface area contributed by atoms with E-state index in [4.69, 9.17) is 5.11 Å². The van der Waals surface area contributed by atoms with Crippen LogP contribution in [0.5, 0.6) is 0 Å². The Kier molecular flexibility index (Phi) is 26.1. The van der Waals surface area contributed by atoms with Gasteiger partial charge in [-0.25, -0.2) is 0 Å². The maximum atomic E-state index is 11.1. The lowest BCUT2D eigenvalue weighted by Gasteiger charge is -2.31. The average molecular weight is 877 g/mol. The van der Waals surface area contributed by atoms with E-state index in [0.717, 1.165) is 24.8 Å². The second kappa shape index (κ2) is 26.4. The summed E-state index contributed by atoms with van der Waals surface area (Å²) in [6, 6.07) is 0. The molecule has 0 aromatic carbocycles. The van der Waals surface area contributed by atoms with Crippen molar-refractivity contribution in [3.63, 3.8) is 0 Å². The fourth-order valence-corrected chi connectivity index (χ4v) is 8.70. The molecule has 0 aliphatic heterocycles. The molecule has 0 bridgehead atoms. The van der Waals surface area contributed by atoms with E-state index in [1.54, 1.807) is 13.8 Å². The molecule has 0 amide bonds. The summed E-state index contributed by atoms with van der Waals surface area (Å²) < 4.78 is 0. The lowest BCUT2D eigenvalue weighted by molar-refractivity contribution is -0.0866. The van der Waals surface area contributed by atoms with Crippen molar-refractivity contribution in [1.82, 2.24) is 0 Å². The predicted molar refractivity (Wildman–Crippen MR) is 248 cm³/mol. The Morgan fingerprint density at radius 2 is 0.607 bits per heavy atom. The van der Waals surface area contributed by atoms with Crippen LogP contribution in [0.4, 0.5) is 0 Å². The van der Waals surface area contributed by atoms with Gasteiger partial charge in [0.15, 0.2) is 0 Å². The summed E-state index contributed by atoms with van der Waals surface area (Å²) in [7, 11) is 0. The van der Waals surface area contributed by atoms with Gasteiger partial charge in [-0.05, 0) is 243 Å². The van der Waals surface area contributed by atoms with Crippen molar-refractivity contribution in [3.05, 3.63) is 11.6 Å². The molecule has 61 heavy (non-hydrogen) atoms. The van der Waals surface area contributed by atoms with E-state index in [2.05, 4.69) is 0 Å². The number of allylic oxidation sites excluding steroid dienone is 2. The Balaban J connectivity index is 4.42. The van der Waals surface area contributed by atoms with Crippen LogP contribution in [0.2, 0.25) is 0 Å². The van der Waals surface area contributed by atoms with Gasteiger partial charge in [0.1, 0.15) is 6.10 Å². The van der Waals surface area contributed by atoms with Crippen molar-refractivity contribution in [3.8, 4) is 0 Å². The molecule has 11 N–H and O–H groups in total. The van der Waals surface area contributed by atoms with Crippen LogP contribution in [-0.4, -0.2) is 119 Å². The molecule has 0 fully saturated rings. The fraction of sp³-hybridized carbons (Fsp3) is 0.960. The molecule has 0 aliphatic rings. The van der Waals surface area contributed by atoms with E-state index in [1.807, 2.05) is 61.5 Å². The summed E-state index contributed by atoms with van der Waals surface area (Å²) in [4.78, 5) is 0. The molecule has 0 saturated heterocycles. The number of aliphatic hydroxyl groups excluding tert-OH is 2. The maximum absolute atomic E-state index is 11.1. The third kappa shape index (κ3) is 32.6. The summed E-state index contributed by atoms with van der Waals surface area (Å²) in [6.07, 6.45) is 16.6. The molecule has 11 heteroatoms. The molecule has 0 heterocycles. The molecular formula is C50H100O11. The smallest absolute Gasteiger partial charge is 0.105 e. The van der Waals surface area contributed by atoms with Crippen molar-refractivity contribution in [2.75, 3.05) is 6.61 Å². The molecule has 0 saturated carbocycles. The van der Waals surface area contributed by atoms with Crippen LogP contribution in [-0.2, 0) is 0 Å². The summed E-state index contributed by atoms with van der Waals surface area (Å²) >= 11 is 0. The first-order valence-corrected chi connectivity index (χ1v) is 24.0. The van der Waals surface area contributed by atoms with E-state index >= 15 is 0 Å². The van der Waals surface area contributed by atoms with Gasteiger partial charge in [0.25, 0.3) is 0 Å². The minimum absolute atomic E-state index is 0.344. The first kappa shape index (κ1) is 60.3. The lowest BCUT2D eigenvalue weighted by Crippen LogP contribution is -2.41. The largest absolute Gasteiger partial charge is 0.394 e. The monoisotopic (exact) mass is 877 g/mol. The number of aliphatic hydroxyl groups is 11. The Morgan fingerprint density at radius 3 is 0.836 bits per heavy atom. The predicted octanol–water partition coefficient (Wildman–Crippen LogP) is 8.21. The molecule has 366 valence electrons. The first-order valence-electron chi connectivity index (χ1n) is 24.0. The van der Waals surface area contributed by atoms with Crippen molar-refractivity contribution in [2.45, 2.75) is 300 Å². The highest BCUT2D eigenvalue weighted by Crippen LogP contribution is 2.33.